The van der Waals surface area contributed by atoms with Crippen molar-refractivity contribution in [2.75, 3.05) is 16.5 Å². The van der Waals surface area contributed by atoms with E-state index in [2.05, 4.69) is 16.9 Å². The Morgan fingerprint density at radius 3 is 2.62 bits per heavy atom. The number of ether oxygens (including phenoxy) is 1. The third kappa shape index (κ3) is 3.45. The van der Waals surface area contributed by atoms with Crippen LogP contribution in [-0.4, -0.2) is 34.7 Å². The van der Waals surface area contributed by atoms with Crippen LogP contribution in [-0.2, 0) is 0 Å². The molecule has 2 aliphatic rings. The fraction of sp³-hybridized carbons (Fsp3) is 0.273. The zero-order valence-electron chi connectivity index (χ0n) is 16.3. The largest absolute Gasteiger partial charge is 0.478 e. The van der Waals surface area contributed by atoms with E-state index in [4.69, 9.17) is 9.84 Å². The van der Waals surface area contributed by atoms with Gasteiger partial charge in [-0.25, -0.2) is 9.80 Å². The van der Waals surface area contributed by atoms with Crippen molar-refractivity contribution >= 4 is 23.1 Å². The van der Waals surface area contributed by atoms with Gasteiger partial charge >= 0.3 is 5.97 Å². The number of benzene rings is 2. The molecule has 150 valence electrons. The number of aliphatic hydroxyl groups is 1. The van der Waals surface area contributed by atoms with Gasteiger partial charge < -0.3 is 19.8 Å². The van der Waals surface area contributed by atoms with Crippen molar-refractivity contribution in [1.82, 2.24) is 0 Å². The molecule has 0 aromatic heterocycles. The van der Waals surface area contributed by atoms with Gasteiger partial charge in [-0.15, -0.1) is 0 Å². The number of carboxylic acids is 1. The Labute approximate surface area is 169 Å². The third-order valence-electron chi connectivity index (χ3n) is 5.29. The molecule has 7 nitrogen and oxygen atoms in total. The lowest BCUT2D eigenvalue weighted by molar-refractivity contribution is 0.0697. The number of aliphatic hydroxyl groups excluding tert-OH is 1. The number of carbonyl (C=O) groups is 1. The van der Waals surface area contributed by atoms with Crippen LogP contribution in [0.25, 0.3) is 0 Å². The van der Waals surface area contributed by atoms with Gasteiger partial charge in [-0.1, -0.05) is 12.1 Å². The highest BCUT2D eigenvalue weighted by Gasteiger charge is 2.34. The van der Waals surface area contributed by atoms with Gasteiger partial charge in [0.25, 0.3) is 0 Å². The Morgan fingerprint density at radius 1 is 1.21 bits per heavy atom. The summed E-state index contributed by atoms with van der Waals surface area (Å²) in [4.78, 5) is 13.1. The van der Waals surface area contributed by atoms with Crippen molar-refractivity contribution in [3.8, 4) is 5.75 Å². The van der Waals surface area contributed by atoms with Gasteiger partial charge in [0.05, 0.1) is 16.9 Å². The van der Waals surface area contributed by atoms with E-state index in [0.717, 1.165) is 29.6 Å². The predicted molar refractivity (Wildman–Crippen MR) is 111 cm³/mol. The number of nitrogens with zero attached hydrogens (tertiary/aromatic N) is 3. The molecule has 2 atom stereocenters. The first-order valence-corrected chi connectivity index (χ1v) is 9.60. The minimum absolute atomic E-state index is 0.187. The first-order valence-electron chi connectivity index (χ1n) is 9.60. The topological polar surface area (TPSA) is 85.6 Å². The Bertz CT molecular complexity index is 984. The van der Waals surface area contributed by atoms with Crippen LogP contribution in [0, 0.1) is 5.92 Å². The summed E-state index contributed by atoms with van der Waals surface area (Å²) in [6.45, 7) is 4.74. The van der Waals surface area contributed by atoms with Crippen molar-refractivity contribution in [1.29, 1.82) is 0 Å². The molecule has 0 saturated heterocycles. The summed E-state index contributed by atoms with van der Waals surface area (Å²) in [6, 6.07) is 14.2. The highest BCUT2D eigenvalue weighted by molar-refractivity contribution is 5.90. The number of allylic oxidation sites excluding steroid dienone is 1. The smallest absolute Gasteiger partial charge is 0.335 e. The maximum Gasteiger partial charge on any atom is 0.335 e. The average Bonchev–Trinajstić information content (AvgIpc) is 3.22. The van der Waals surface area contributed by atoms with E-state index >= 15 is 0 Å². The molecule has 2 aliphatic heterocycles. The summed E-state index contributed by atoms with van der Waals surface area (Å²) < 4.78 is 5.98. The molecule has 0 bridgehead atoms. The van der Waals surface area contributed by atoms with E-state index in [1.165, 1.54) is 17.1 Å². The van der Waals surface area contributed by atoms with E-state index in [1.54, 1.807) is 12.1 Å². The summed E-state index contributed by atoms with van der Waals surface area (Å²) in [5.41, 5.74) is 2.70. The second-order valence-corrected chi connectivity index (χ2v) is 7.05. The van der Waals surface area contributed by atoms with Crippen LogP contribution in [0.3, 0.4) is 0 Å². The fourth-order valence-electron chi connectivity index (χ4n) is 3.71. The zero-order chi connectivity index (χ0) is 20.5. The van der Waals surface area contributed by atoms with E-state index in [9.17, 15) is 9.90 Å². The molecular formula is C22H23N3O4. The molecular weight excluding hydrogens is 370 g/mol. The van der Waals surface area contributed by atoms with Gasteiger partial charge in [-0.05, 0) is 62.7 Å². The normalized spacial score (nSPS) is 21.9. The average molecular weight is 393 g/mol. The highest BCUT2D eigenvalue weighted by atomic mass is 16.5. The third-order valence-corrected chi connectivity index (χ3v) is 5.29. The van der Waals surface area contributed by atoms with E-state index in [0.29, 0.717) is 12.1 Å². The molecule has 0 aliphatic carbocycles. The van der Waals surface area contributed by atoms with Crippen molar-refractivity contribution in [3.63, 3.8) is 0 Å². The molecule has 29 heavy (non-hydrogen) atoms. The van der Waals surface area contributed by atoms with Crippen LogP contribution in [0.1, 0.15) is 30.6 Å². The molecule has 4 rings (SSSR count). The number of para-hydroxylation sites is 2. The Hall–Kier alpha value is -3.32. The number of anilines is 2. The minimum Gasteiger partial charge on any atom is -0.478 e. The van der Waals surface area contributed by atoms with Crippen molar-refractivity contribution in [2.45, 2.75) is 26.5 Å². The van der Waals surface area contributed by atoms with E-state index in [1.807, 2.05) is 37.3 Å². The molecule has 7 heteroatoms. The summed E-state index contributed by atoms with van der Waals surface area (Å²) in [5, 5.41) is 25.9. The fourth-order valence-corrected chi connectivity index (χ4v) is 3.71. The van der Waals surface area contributed by atoms with E-state index < -0.39 is 12.2 Å². The van der Waals surface area contributed by atoms with Crippen molar-refractivity contribution in [3.05, 3.63) is 66.1 Å². The molecule has 2 unspecified atom stereocenters. The monoisotopic (exact) mass is 393 g/mol. The summed E-state index contributed by atoms with van der Waals surface area (Å²) in [6.07, 6.45) is 1.73. The van der Waals surface area contributed by atoms with Crippen LogP contribution in [0.4, 0.5) is 11.4 Å². The highest BCUT2D eigenvalue weighted by Crippen LogP contribution is 2.39. The van der Waals surface area contributed by atoms with Gasteiger partial charge in [0.2, 0.25) is 0 Å². The number of hydrogen-bond donors (Lipinski definition) is 2. The summed E-state index contributed by atoms with van der Waals surface area (Å²) in [7, 11) is 0. The molecule has 2 heterocycles. The number of rotatable bonds is 5. The maximum atomic E-state index is 11.0. The van der Waals surface area contributed by atoms with Crippen LogP contribution >= 0.6 is 0 Å². The quantitative estimate of drug-likeness (QED) is 0.806. The number of fused-ring (bicyclic) bond motifs is 1. The van der Waals surface area contributed by atoms with Gasteiger partial charge in [0.1, 0.15) is 0 Å². The predicted octanol–water partition coefficient (Wildman–Crippen LogP) is 3.67. The maximum absolute atomic E-state index is 11.0. The summed E-state index contributed by atoms with van der Waals surface area (Å²) in [5.74, 6) is 0.421. The SMILES string of the molecule is CCN1C(=CCC2C(C)=NN(c3ccc(C(=O)O)cc3)C2O)Oc2ccccc21. The summed E-state index contributed by atoms with van der Waals surface area (Å²) >= 11 is 0. The molecule has 2 aromatic carbocycles. The Balaban J connectivity index is 1.50. The molecule has 0 saturated carbocycles. The Morgan fingerprint density at radius 2 is 1.93 bits per heavy atom. The van der Waals surface area contributed by atoms with Crippen LogP contribution in [0.2, 0.25) is 0 Å². The second-order valence-electron chi connectivity index (χ2n) is 7.05. The molecule has 2 aromatic rings. The molecule has 0 amide bonds. The molecule has 0 spiro atoms. The lowest BCUT2D eigenvalue weighted by atomic mass is 9.99. The van der Waals surface area contributed by atoms with Gasteiger partial charge in [-0.2, -0.15) is 5.10 Å². The zero-order valence-corrected chi connectivity index (χ0v) is 16.3. The Kier molecular flexibility index (Phi) is 4.98. The number of hydrogen-bond acceptors (Lipinski definition) is 6. The number of hydrazone groups is 1. The van der Waals surface area contributed by atoms with Gasteiger partial charge in [0.15, 0.2) is 17.9 Å². The van der Waals surface area contributed by atoms with Crippen LogP contribution in [0.5, 0.6) is 5.75 Å². The molecule has 2 N–H and O–H groups in total. The van der Waals surface area contributed by atoms with E-state index in [-0.39, 0.29) is 11.5 Å². The van der Waals surface area contributed by atoms with Gasteiger partial charge in [-0.3, -0.25) is 0 Å². The second kappa shape index (κ2) is 7.60. The van der Waals surface area contributed by atoms with Crippen LogP contribution < -0.4 is 14.6 Å². The number of carboxylic acid groups (broad SMARTS) is 1. The lowest BCUT2D eigenvalue weighted by Gasteiger charge is -2.23. The minimum atomic E-state index is -0.985. The van der Waals surface area contributed by atoms with Gasteiger partial charge in [0, 0.05) is 18.2 Å². The van der Waals surface area contributed by atoms with Crippen LogP contribution in [0.15, 0.2) is 65.6 Å². The molecule has 0 fully saturated rings. The van der Waals surface area contributed by atoms with Crippen molar-refractivity contribution < 1.29 is 19.7 Å². The first-order chi connectivity index (χ1) is 14.0. The first kappa shape index (κ1) is 19.0. The standard InChI is InChI=1S/C22H23N3O4/c1-3-24-18-6-4-5-7-19(18)29-20(24)13-12-17-14(2)23-25(21(17)26)16-10-8-15(9-11-16)22(27)28/h4-11,13,17,21,26H,3,12H2,1-2H3,(H,27,28). The van der Waals surface area contributed by atoms with Crippen molar-refractivity contribution in [2.24, 2.45) is 11.0 Å². The molecule has 0 radical (unpaired) electrons. The lowest BCUT2D eigenvalue weighted by Crippen LogP contribution is -2.32. The number of aromatic carboxylic acids is 1.